The van der Waals surface area contributed by atoms with E-state index in [-0.39, 0.29) is 17.1 Å². The minimum absolute atomic E-state index is 0.186. The fraction of sp³-hybridized carbons (Fsp3) is 0.231. The highest BCUT2D eigenvalue weighted by atomic mass is 32.1. The van der Waals surface area contributed by atoms with E-state index >= 15 is 0 Å². The number of Topliss-reactive ketones (excluding diaryl/α,β-unsaturated/α-hetero) is 2. The van der Waals surface area contributed by atoms with E-state index in [2.05, 4.69) is 6.07 Å². The Bertz CT molecular complexity index is 1270. The Labute approximate surface area is 178 Å². The van der Waals surface area contributed by atoms with Crippen LogP contribution in [0.3, 0.4) is 0 Å². The van der Waals surface area contributed by atoms with Gasteiger partial charge in [0.2, 0.25) is 0 Å². The minimum atomic E-state index is -0.186. The summed E-state index contributed by atoms with van der Waals surface area (Å²) in [6, 6.07) is 15.6. The molecule has 0 atom stereocenters. The molecule has 1 saturated carbocycles. The van der Waals surface area contributed by atoms with E-state index in [1.807, 2.05) is 42.5 Å². The van der Waals surface area contributed by atoms with Crippen LogP contribution in [0, 0.1) is 0 Å². The number of hydrogen-bond donors (Lipinski definition) is 0. The van der Waals surface area contributed by atoms with Crippen LogP contribution >= 0.6 is 11.3 Å². The van der Waals surface area contributed by atoms with Gasteiger partial charge < -0.3 is 4.42 Å². The van der Waals surface area contributed by atoms with Crippen molar-refractivity contribution in [2.24, 2.45) is 0 Å². The predicted molar refractivity (Wildman–Crippen MR) is 121 cm³/mol. The monoisotopic (exact) mass is 412 g/mol. The Morgan fingerprint density at radius 1 is 0.867 bits per heavy atom. The molecule has 0 bridgehead atoms. The molecule has 3 nitrogen and oxygen atoms in total. The van der Waals surface area contributed by atoms with E-state index in [1.54, 1.807) is 17.4 Å². The zero-order valence-electron chi connectivity index (χ0n) is 16.4. The van der Waals surface area contributed by atoms with Crippen LogP contribution in [0.2, 0.25) is 0 Å². The first-order valence-corrected chi connectivity index (χ1v) is 11.4. The molecule has 2 aliphatic rings. The highest BCUT2D eigenvalue weighted by Gasteiger charge is 2.33. The quantitative estimate of drug-likeness (QED) is 0.259. The lowest BCUT2D eigenvalue weighted by molar-refractivity contribution is 0.0990. The summed E-state index contributed by atoms with van der Waals surface area (Å²) in [6.07, 6.45) is 8.01. The van der Waals surface area contributed by atoms with Crippen LogP contribution in [0.5, 0.6) is 0 Å². The summed E-state index contributed by atoms with van der Waals surface area (Å²) >= 11 is 1.58. The van der Waals surface area contributed by atoms with E-state index in [1.165, 1.54) is 32.1 Å². The van der Waals surface area contributed by atoms with E-state index in [0.29, 0.717) is 17.0 Å². The second kappa shape index (κ2) is 6.78. The van der Waals surface area contributed by atoms with Gasteiger partial charge in [-0.05, 0) is 54.0 Å². The number of hydrogen-bond acceptors (Lipinski definition) is 4. The van der Waals surface area contributed by atoms with Gasteiger partial charge in [0.05, 0.1) is 10.3 Å². The number of thiophene rings is 1. The first-order valence-electron chi connectivity index (χ1n) is 10.5. The molecular weight excluding hydrogens is 392 g/mol. The zero-order chi connectivity index (χ0) is 20.2. The summed E-state index contributed by atoms with van der Waals surface area (Å²) in [5, 5.41) is 1.95. The van der Waals surface area contributed by atoms with Gasteiger partial charge in [0.25, 0.3) is 0 Å². The lowest BCUT2D eigenvalue weighted by Gasteiger charge is -2.18. The first kappa shape index (κ1) is 17.8. The van der Waals surface area contributed by atoms with Crippen molar-refractivity contribution in [3.05, 3.63) is 75.9 Å². The third-order valence-electron chi connectivity index (χ3n) is 6.40. The average molecular weight is 413 g/mol. The summed E-state index contributed by atoms with van der Waals surface area (Å²) in [5.41, 5.74) is 2.11. The molecule has 148 valence electrons. The highest BCUT2D eigenvalue weighted by Crippen LogP contribution is 2.39. The lowest BCUT2D eigenvalue weighted by atomic mass is 9.88. The number of ketones is 2. The van der Waals surface area contributed by atoms with E-state index in [0.717, 1.165) is 31.7 Å². The number of allylic oxidation sites excluding steroid dienone is 1. The van der Waals surface area contributed by atoms with Crippen molar-refractivity contribution in [3.63, 3.8) is 0 Å². The van der Waals surface area contributed by atoms with Crippen molar-refractivity contribution in [1.29, 1.82) is 0 Å². The predicted octanol–water partition coefficient (Wildman–Crippen LogP) is 7.16. The van der Waals surface area contributed by atoms with Gasteiger partial charge >= 0.3 is 0 Å². The molecule has 4 aromatic rings. The average Bonchev–Trinajstić information content (AvgIpc) is 3.41. The Morgan fingerprint density at radius 3 is 2.17 bits per heavy atom. The maximum Gasteiger partial charge on any atom is 0.197 e. The molecule has 0 N–H and O–H groups in total. The van der Waals surface area contributed by atoms with Crippen LogP contribution in [-0.4, -0.2) is 11.6 Å². The molecule has 0 unspecified atom stereocenters. The summed E-state index contributed by atoms with van der Waals surface area (Å²) < 4.78 is 7.22. The van der Waals surface area contributed by atoms with Crippen molar-refractivity contribution in [3.8, 4) is 0 Å². The van der Waals surface area contributed by atoms with Gasteiger partial charge in [-0.3, -0.25) is 9.59 Å². The van der Waals surface area contributed by atoms with Crippen LogP contribution in [-0.2, 0) is 0 Å². The third-order valence-corrected chi connectivity index (χ3v) is 7.41. The minimum Gasteiger partial charge on any atom is -0.460 e. The molecule has 2 aromatic heterocycles. The molecule has 0 spiro atoms. The molecule has 1 fully saturated rings. The van der Waals surface area contributed by atoms with Crippen molar-refractivity contribution in [2.75, 3.05) is 0 Å². The molecule has 2 aromatic carbocycles. The highest BCUT2D eigenvalue weighted by molar-refractivity contribution is 7.19. The van der Waals surface area contributed by atoms with Gasteiger partial charge in [-0.1, -0.05) is 43.5 Å². The zero-order valence-corrected chi connectivity index (χ0v) is 17.3. The Morgan fingerprint density at radius 2 is 1.53 bits per heavy atom. The lowest BCUT2D eigenvalue weighted by Crippen LogP contribution is -2.02. The van der Waals surface area contributed by atoms with Gasteiger partial charge in [-0.25, -0.2) is 0 Å². The molecule has 0 amide bonds. The number of furan rings is 1. The smallest absolute Gasteiger partial charge is 0.197 e. The van der Waals surface area contributed by atoms with E-state index in [9.17, 15) is 9.59 Å². The fourth-order valence-corrected chi connectivity index (χ4v) is 5.79. The van der Waals surface area contributed by atoms with Gasteiger partial charge in [0.15, 0.2) is 11.6 Å². The van der Waals surface area contributed by atoms with Crippen molar-refractivity contribution in [1.82, 2.24) is 0 Å². The number of rotatable bonds is 2. The van der Waals surface area contributed by atoms with Crippen molar-refractivity contribution in [2.45, 2.75) is 38.0 Å². The summed E-state index contributed by atoms with van der Waals surface area (Å²) in [7, 11) is 0. The standard InChI is InChI=1S/C26H20O3S/c27-25-19-10-16-8-4-5-9-17(16)11-20(19)26(28)21(25)12-18-13-23-24(30-18)14-22(29-23)15-6-2-1-3-7-15/h4-5,8-15H,1-3,6-7H2. The van der Waals surface area contributed by atoms with Crippen LogP contribution in [0.15, 0.2) is 58.5 Å². The largest absolute Gasteiger partial charge is 0.460 e. The molecule has 30 heavy (non-hydrogen) atoms. The molecular formula is C26H20O3S. The van der Waals surface area contributed by atoms with Crippen LogP contribution < -0.4 is 0 Å². The van der Waals surface area contributed by atoms with Crippen LogP contribution in [0.4, 0.5) is 0 Å². The van der Waals surface area contributed by atoms with Gasteiger partial charge in [-0.15, -0.1) is 11.3 Å². The Hall–Kier alpha value is -2.98. The second-order valence-electron chi connectivity index (χ2n) is 8.32. The summed E-state index contributed by atoms with van der Waals surface area (Å²) in [6.45, 7) is 0. The molecule has 2 heterocycles. The molecule has 4 heteroatoms. The van der Waals surface area contributed by atoms with Gasteiger partial charge in [-0.2, -0.15) is 0 Å². The SMILES string of the molecule is O=C1C(=Cc2cc3oc(C4CCCCC4)cc3s2)C(=O)c2cc3ccccc3cc21. The van der Waals surface area contributed by atoms with E-state index < -0.39 is 0 Å². The Balaban J connectivity index is 1.35. The molecule has 0 aliphatic heterocycles. The first-order chi connectivity index (χ1) is 14.7. The topological polar surface area (TPSA) is 47.3 Å². The maximum atomic E-state index is 13.0. The number of fused-ring (bicyclic) bond motifs is 3. The third kappa shape index (κ3) is 2.78. The number of carbonyl (C=O) groups excluding carboxylic acids is 2. The molecule has 2 aliphatic carbocycles. The van der Waals surface area contributed by atoms with Gasteiger partial charge in [0.1, 0.15) is 11.3 Å². The van der Waals surface area contributed by atoms with E-state index in [4.69, 9.17) is 4.42 Å². The fourth-order valence-electron chi connectivity index (χ4n) is 4.82. The summed E-state index contributed by atoms with van der Waals surface area (Å²) in [4.78, 5) is 26.8. The molecule has 0 saturated heterocycles. The maximum absolute atomic E-state index is 13.0. The second-order valence-corrected chi connectivity index (χ2v) is 9.44. The summed E-state index contributed by atoms with van der Waals surface area (Å²) in [5.74, 6) is 1.24. The van der Waals surface area contributed by atoms with Crippen LogP contribution in [0.25, 0.3) is 27.1 Å². The molecule has 0 radical (unpaired) electrons. The molecule has 6 rings (SSSR count). The van der Waals surface area contributed by atoms with Crippen molar-refractivity contribution < 1.29 is 14.0 Å². The Kier molecular flexibility index (Phi) is 4.03. The van der Waals surface area contributed by atoms with Crippen LogP contribution in [0.1, 0.15) is 69.4 Å². The number of carbonyl (C=O) groups is 2. The number of benzene rings is 2. The van der Waals surface area contributed by atoms with Gasteiger partial charge in [0, 0.05) is 21.9 Å². The van der Waals surface area contributed by atoms with Crippen molar-refractivity contribution >= 4 is 50.0 Å². The normalized spacial score (nSPS) is 17.3.